The molecule has 0 radical (unpaired) electrons. The van der Waals surface area contributed by atoms with Gasteiger partial charge in [0, 0.05) is 24.5 Å². The van der Waals surface area contributed by atoms with Gasteiger partial charge < -0.3 is 11.1 Å². The predicted molar refractivity (Wildman–Crippen MR) is 71.8 cm³/mol. The first-order valence-electron chi connectivity index (χ1n) is 5.62. The minimum absolute atomic E-state index is 0.0152. The molecule has 3 N–H and O–H groups in total. The summed E-state index contributed by atoms with van der Waals surface area (Å²) in [5.41, 5.74) is 5.46. The van der Waals surface area contributed by atoms with Crippen LogP contribution in [0, 0.1) is 6.92 Å². The third kappa shape index (κ3) is 2.18. The van der Waals surface area contributed by atoms with E-state index in [-0.39, 0.29) is 5.56 Å². The third-order valence-corrected chi connectivity index (χ3v) is 3.46. The second-order valence-corrected chi connectivity index (χ2v) is 5.01. The van der Waals surface area contributed by atoms with Crippen LogP contribution in [0.3, 0.4) is 0 Å². The van der Waals surface area contributed by atoms with Crippen LogP contribution in [0.15, 0.2) is 10.9 Å². The summed E-state index contributed by atoms with van der Waals surface area (Å²) >= 11 is 1.54. The minimum Gasteiger partial charge on any atom is -0.354 e. The van der Waals surface area contributed by atoms with E-state index in [1.54, 1.807) is 4.57 Å². The Morgan fingerprint density at radius 1 is 1.59 bits per heavy atom. The minimum atomic E-state index is 0.0152. The van der Waals surface area contributed by atoms with Crippen molar-refractivity contribution in [2.24, 2.45) is 5.73 Å². The van der Waals surface area contributed by atoms with Crippen LogP contribution in [-0.2, 0) is 6.54 Å². The van der Waals surface area contributed by atoms with Crippen molar-refractivity contribution in [3.05, 3.63) is 21.3 Å². The zero-order valence-corrected chi connectivity index (χ0v) is 10.8. The molecule has 0 aliphatic heterocycles. The molecule has 0 atom stereocenters. The van der Waals surface area contributed by atoms with E-state index < -0.39 is 0 Å². The fourth-order valence-corrected chi connectivity index (χ4v) is 2.62. The first kappa shape index (κ1) is 12.1. The lowest BCUT2D eigenvalue weighted by Gasteiger charge is -2.11. The zero-order chi connectivity index (χ0) is 12.4. The van der Waals surface area contributed by atoms with E-state index in [1.807, 2.05) is 19.9 Å². The van der Waals surface area contributed by atoms with Crippen molar-refractivity contribution in [1.29, 1.82) is 0 Å². The Balaban J connectivity index is 2.61. The molecule has 2 heterocycles. The number of nitrogens with one attached hydrogen (secondary N) is 1. The van der Waals surface area contributed by atoms with Crippen molar-refractivity contribution in [1.82, 2.24) is 9.55 Å². The van der Waals surface area contributed by atoms with E-state index >= 15 is 0 Å². The fourth-order valence-electron chi connectivity index (χ4n) is 1.75. The van der Waals surface area contributed by atoms with Gasteiger partial charge in [0.2, 0.25) is 5.95 Å². The van der Waals surface area contributed by atoms with Crippen LogP contribution in [0.4, 0.5) is 5.95 Å². The normalized spacial score (nSPS) is 11.0. The number of hydrogen-bond acceptors (Lipinski definition) is 5. The molecule has 0 fully saturated rings. The van der Waals surface area contributed by atoms with Crippen molar-refractivity contribution in [2.75, 3.05) is 18.4 Å². The van der Waals surface area contributed by atoms with Crippen molar-refractivity contribution in [3.63, 3.8) is 0 Å². The molecule has 2 rings (SSSR count). The van der Waals surface area contributed by atoms with Crippen molar-refractivity contribution < 1.29 is 0 Å². The van der Waals surface area contributed by atoms with Crippen molar-refractivity contribution in [3.8, 4) is 0 Å². The molecular formula is C11H16N4OS. The number of fused-ring (bicyclic) bond motifs is 1. The number of aromatic nitrogens is 2. The smallest absolute Gasteiger partial charge is 0.263 e. The van der Waals surface area contributed by atoms with Crippen LogP contribution in [0.1, 0.15) is 11.8 Å². The highest BCUT2D eigenvalue weighted by atomic mass is 32.1. The summed E-state index contributed by atoms with van der Waals surface area (Å²) in [4.78, 5) is 18.6. The van der Waals surface area contributed by atoms with E-state index in [4.69, 9.17) is 5.73 Å². The van der Waals surface area contributed by atoms with Gasteiger partial charge in [0.1, 0.15) is 4.83 Å². The molecular weight excluding hydrogens is 236 g/mol. The average Bonchev–Trinajstić information content (AvgIpc) is 2.67. The second kappa shape index (κ2) is 4.85. The van der Waals surface area contributed by atoms with Crippen LogP contribution >= 0.6 is 11.3 Å². The number of thiophene rings is 1. The molecule has 0 aliphatic carbocycles. The Bertz CT molecular complexity index is 587. The van der Waals surface area contributed by atoms with E-state index in [0.717, 1.165) is 9.71 Å². The van der Waals surface area contributed by atoms with Gasteiger partial charge in [-0.1, -0.05) is 0 Å². The monoisotopic (exact) mass is 252 g/mol. The van der Waals surface area contributed by atoms with E-state index in [0.29, 0.717) is 31.0 Å². The molecule has 5 nitrogen and oxygen atoms in total. The highest BCUT2D eigenvalue weighted by molar-refractivity contribution is 7.18. The van der Waals surface area contributed by atoms with Crippen LogP contribution in [-0.4, -0.2) is 22.6 Å². The molecule has 0 bridgehead atoms. The van der Waals surface area contributed by atoms with Crippen LogP contribution in [0.5, 0.6) is 0 Å². The molecule has 0 spiro atoms. The molecule has 0 unspecified atom stereocenters. The lowest BCUT2D eigenvalue weighted by atomic mass is 10.3. The van der Waals surface area contributed by atoms with Gasteiger partial charge >= 0.3 is 0 Å². The molecule has 2 aromatic heterocycles. The summed E-state index contributed by atoms with van der Waals surface area (Å²) in [6, 6.07) is 1.90. The number of nitrogens with two attached hydrogens (primary N) is 1. The molecule has 2 aromatic rings. The number of anilines is 1. The summed E-state index contributed by atoms with van der Waals surface area (Å²) in [6.07, 6.45) is 0. The molecule has 0 aliphatic rings. The molecule has 17 heavy (non-hydrogen) atoms. The van der Waals surface area contributed by atoms with Gasteiger partial charge in [0.15, 0.2) is 0 Å². The largest absolute Gasteiger partial charge is 0.354 e. The predicted octanol–water partition coefficient (Wildman–Crippen LogP) is 1.16. The van der Waals surface area contributed by atoms with E-state index in [9.17, 15) is 4.79 Å². The summed E-state index contributed by atoms with van der Waals surface area (Å²) in [6.45, 7) is 5.64. The summed E-state index contributed by atoms with van der Waals surface area (Å²) in [5, 5.41) is 3.79. The highest BCUT2D eigenvalue weighted by Gasteiger charge is 2.11. The first-order chi connectivity index (χ1) is 8.17. The summed E-state index contributed by atoms with van der Waals surface area (Å²) in [7, 11) is 0. The van der Waals surface area contributed by atoms with Gasteiger partial charge in [-0.25, -0.2) is 4.98 Å². The maximum atomic E-state index is 12.2. The fraction of sp³-hybridized carbons (Fsp3) is 0.455. The maximum Gasteiger partial charge on any atom is 0.263 e. The summed E-state index contributed by atoms with van der Waals surface area (Å²) < 4.78 is 1.64. The zero-order valence-electron chi connectivity index (χ0n) is 9.99. The van der Waals surface area contributed by atoms with Crippen molar-refractivity contribution >= 4 is 27.5 Å². The first-order valence-corrected chi connectivity index (χ1v) is 6.44. The second-order valence-electron chi connectivity index (χ2n) is 3.78. The van der Waals surface area contributed by atoms with Gasteiger partial charge in [-0.2, -0.15) is 0 Å². The Morgan fingerprint density at radius 3 is 3.00 bits per heavy atom. The SMILES string of the molecule is CCn1c(NCCN)nc2sc(C)cc2c1=O. The Kier molecular flexibility index (Phi) is 3.44. The molecule has 6 heteroatoms. The van der Waals surface area contributed by atoms with Gasteiger partial charge in [0.25, 0.3) is 5.56 Å². The Morgan fingerprint density at radius 2 is 2.35 bits per heavy atom. The molecule has 0 saturated carbocycles. The van der Waals surface area contributed by atoms with Gasteiger partial charge in [-0.3, -0.25) is 9.36 Å². The van der Waals surface area contributed by atoms with E-state index in [1.165, 1.54) is 11.3 Å². The third-order valence-electron chi connectivity index (χ3n) is 2.52. The molecule has 0 aromatic carbocycles. The standard InChI is InChI=1S/C11H16N4OS/c1-3-15-10(16)8-6-7(2)17-9(8)14-11(15)13-5-4-12/h6H,3-5,12H2,1-2H3,(H,13,14). The lowest BCUT2D eigenvalue weighted by molar-refractivity contribution is 0.722. The Labute approximate surface area is 103 Å². The highest BCUT2D eigenvalue weighted by Crippen LogP contribution is 2.21. The molecule has 0 saturated heterocycles. The van der Waals surface area contributed by atoms with Crippen LogP contribution in [0.25, 0.3) is 10.2 Å². The van der Waals surface area contributed by atoms with Gasteiger partial charge in [0.05, 0.1) is 5.39 Å². The maximum absolute atomic E-state index is 12.2. The van der Waals surface area contributed by atoms with Gasteiger partial charge in [-0.15, -0.1) is 11.3 Å². The van der Waals surface area contributed by atoms with Gasteiger partial charge in [-0.05, 0) is 19.9 Å². The average molecular weight is 252 g/mol. The molecule has 0 amide bonds. The number of rotatable bonds is 4. The van der Waals surface area contributed by atoms with Crippen LogP contribution < -0.4 is 16.6 Å². The number of hydrogen-bond donors (Lipinski definition) is 2. The lowest BCUT2D eigenvalue weighted by Crippen LogP contribution is -2.25. The number of nitrogens with zero attached hydrogens (tertiary/aromatic N) is 2. The van der Waals surface area contributed by atoms with Crippen molar-refractivity contribution in [2.45, 2.75) is 20.4 Å². The topological polar surface area (TPSA) is 72.9 Å². The molecule has 92 valence electrons. The summed E-state index contributed by atoms with van der Waals surface area (Å²) in [5.74, 6) is 0.609. The Hall–Kier alpha value is -1.40. The van der Waals surface area contributed by atoms with E-state index in [2.05, 4.69) is 10.3 Å². The number of aryl methyl sites for hydroxylation is 1. The quantitative estimate of drug-likeness (QED) is 0.856. The van der Waals surface area contributed by atoms with Crippen LogP contribution in [0.2, 0.25) is 0 Å².